The highest BCUT2D eigenvalue weighted by molar-refractivity contribution is 7.78. The number of rotatable bonds is 1. The molecule has 2 nitrogen and oxygen atoms in total. The molecular formula is C7H7NOS. The van der Waals surface area contributed by atoms with E-state index in [0.717, 1.165) is 0 Å². The number of thiol groups is 1. The van der Waals surface area contributed by atoms with Crippen LogP contribution in [0.15, 0.2) is 30.3 Å². The summed E-state index contributed by atoms with van der Waals surface area (Å²) in [6.07, 6.45) is 0. The van der Waals surface area contributed by atoms with Gasteiger partial charge in [-0.15, -0.1) is 0 Å². The third kappa shape index (κ3) is 1.51. The van der Waals surface area contributed by atoms with Crippen molar-refractivity contribution in [3.05, 3.63) is 35.9 Å². The molecule has 0 saturated heterocycles. The van der Waals surface area contributed by atoms with E-state index in [0.29, 0.717) is 5.56 Å². The van der Waals surface area contributed by atoms with Crippen LogP contribution in [0.3, 0.4) is 0 Å². The lowest BCUT2D eigenvalue weighted by Crippen LogP contribution is -2.11. The molecule has 52 valence electrons. The van der Waals surface area contributed by atoms with Gasteiger partial charge in [-0.3, -0.25) is 9.52 Å². The minimum Gasteiger partial charge on any atom is -0.299 e. The van der Waals surface area contributed by atoms with Crippen molar-refractivity contribution in [1.82, 2.24) is 4.72 Å². The Morgan fingerprint density at radius 1 is 1.30 bits per heavy atom. The molecule has 0 spiro atoms. The highest BCUT2D eigenvalue weighted by Crippen LogP contribution is 1.97. The quantitative estimate of drug-likeness (QED) is 0.584. The van der Waals surface area contributed by atoms with E-state index in [-0.39, 0.29) is 5.91 Å². The monoisotopic (exact) mass is 153 g/mol. The maximum atomic E-state index is 10.8. The summed E-state index contributed by atoms with van der Waals surface area (Å²) in [7, 11) is 0. The lowest BCUT2D eigenvalue weighted by atomic mass is 10.2. The summed E-state index contributed by atoms with van der Waals surface area (Å²) in [6, 6.07) is 8.92. The molecule has 0 aliphatic carbocycles. The minimum absolute atomic E-state index is 0.177. The van der Waals surface area contributed by atoms with Crippen LogP contribution >= 0.6 is 12.8 Å². The Bertz CT molecular complexity index is 222. The summed E-state index contributed by atoms with van der Waals surface area (Å²) in [5.41, 5.74) is 0.623. The average Bonchev–Trinajstić information content (AvgIpc) is 2.05. The van der Waals surface area contributed by atoms with E-state index in [1.54, 1.807) is 24.3 Å². The van der Waals surface area contributed by atoms with Gasteiger partial charge in [0.05, 0.1) is 0 Å². The van der Waals surface area contributed by atoms with Crippen molar-refractivity contribution in [2.75, 3.05) is 0 Å². The number of benzene rings is 1. The van der Waals surface area contributed by atoms with Crippen LogP contribution in [0.1, 0.15) is 10.4 Å². The van der Waals surface area contributed by atoms with Gasteiger partial charge < -0.3 is 0 Å². The van der Waals surface area contributed by atoms with E-state index >= 15 is 0 Å². The Hall–Kier alpha value is -0.960. The van der Waals surface area contributed by atoms with Crippen LogP contribution in [0.25, 0.3) is 0 Å². The van der Waals surface area contributed by atoms with Gasteiger partial charge in [-0.05, 0) is 12.1 Å². The van der Waals surface area contributed by atoms with Gasteiger partial charge in [0.15, 0.2) is 0 Å². The van der Waals surface area contributed by atoms with E-state index in [2.05, 4.69) is 17.5 Å². The van der Waals surface area contributed by atoms with Crippen LogP contribution in [-0.2, 0) is 0 Å². The van der Waals surface area contributed by atoms with Gasteiger partial charge in [0.2, 0.25) is 0 Å². The van der Waals surface area contributed by atoms with Crippen molar-refractivity contribution in [3.63, 3.8) is 0 Å². The average molecular weight is 153 g/mol. The number of carbonyl (C=O) groups excluding carboxylic acids is 1. The molecule has 0 atom stereocenters. The first-order chi connectivity index (χ1) is 4.84. The summed E-state index contributed by atoms with van der Waals surface area (Å²) in [5.74, 6) is -0.177. The predicted molar refractivity (Wildman–Crippen MR) is 42.9 cm³/mol. The van der Waals surface area contributed by atoms with Gasteiger partial charge in [0.25, 0.3) is 5.91 Å². The van der Waals surface area contributed by atoms with Crippen LogP contribution in [-0.4, -0.2) is 5.91 Å². The second-order valence-electron chi connectivity index (χ2n) is 1.81. The van der Waals surface area contributed by atoms with E-state index < -0.39 is 0 Å². The second kappa shape index (κ2) is 3.27. The number of hydrogen-bond acceptors (Lipinski definition) is 2. The summed E-state index contributed by atoms with van der Waals surface area (Å²) in [6.45, 7) is 0. The lowest BCUT2D eigenvalue weighted by Gasteiger charge is -1.95. The number of carbonyl (C=O) groups is 1. The third-order valence-electron chi connectivity index (χ3n) is 1.14. The summed E-state index contributed by atoms with van der Waals surface area (Å²) >= 11 is 3.63. The molecule has 0 aromatic heterocycles. The molecule has 0 aliphatic heterocycles. The van der Waals surface area contributed by atoms with Crippen molar-refractivity contribution >= 4 is 18.7 Å². The second-order valence-corrected chi connectivity index (χ2v) is 2.03. The molecule has 0 aliphatic rings. The van der Waals surface area contributed by atoms with Gasteiger partial charge in [0.1, 0.15) is 0 Å². The number of nitrogens with one attached hydrogen (secondary N) is 1. The van der Waals surface area contributed by atoms with Crippen LogP contribution in [0, 0.1) is 0 Å². The van der Waals surface area contributed by atoms with Gasteiger partial charge >= 0.3 is 0 Å². The van der Waals surface area contributed by atoms with Gasteiger partial charge in [-0.2, -0.15) is 0 Å². The van der Waals surface area contributed by atoms with Gasteiger partial charge in [0, 0.05) is 5.56 Å². The Morgan fingerprint density at radius 3 is 2.40 bits per heavy atom. The van der Waals surface area contributed by atoms with Crippen molar-refractivity contribution in [2.24, 2.45) is 0 Å². The molecule has 0 bridgehead atoms. The predicted octanol–water partition coefficient (Wildman–Crippen LogP) is 1.26. The van der Waals surface area contributed by atoms with Crippen LogP contribution in [0.5, 0.6) is 0 Å². The Kier molecular flexibility index (Phi) is 2.34. The van der Waals surface area contributed by atoms with Crippen LogP contribution in [0.4, 0.5) is 0 Å². The Labute approximate surface area is 64.8 Å². The standard InChI is InChI=1S/C7H7NOS/c9-7(8-10)6-4-2-1-3-5-6/h1-5,10H,(H,8,9). The number of hydrogen-bond donors (Lipinski definition) is 2. The lowest BCUT2D eigenvalue weighted by molar-refractivity contribution is 0.0985. The van der Waals surface area contributed by atoms with E-state index in [1.807, 2.05) is 6.07 Å². The highest BCUT2D eigenvalue weighted by atomic mass is 32.1. The summed E-state index contributed by atoms with van der Waals surface area (Å²) < 4.78 is 2.24. The SMILES string of the molecule is O=C(NS)c1ccccc1. The molecule has 1 amide bonds. The third-order valence-corrected chi connectivity index (χ3v) is 1.34. The smallest absolute Gasteiger partial charge is 0.260 e. The fourth-order valence-corrected chi connectivity index (χ4v) is 0.783. The summed E-state index contributed by atoms with van der Waals surface area (Å²) in [5, 5.41) is 0. The zero-order valence-corrected chi connectivity index (χ0v) is 6.14. The van der Waals surface area contributed by atoms with Crippen molar-refractivity contribution in [2.45, 2.75) is 0 Å². The molecule has 0 radical (unpaired) electrons. The zero-order valence-electron chi connectivity index (χ0n) is 5.24. The van der Waals surface area contributed by atoms with E-state index in [4.69, 9.17) is 0 Å². The molecule has 3 heteroatoms. The molecule has 1 N–H and O–H groups in total. The maximum Gasteiger partial charge on any atom is 0.260 e. The van der Waals surface area contributed by atoms with Crippen molar-refractivity contribution in [1.29, 1.82) is 0 Å². The molecule has 0 unspecified atom stereocenters. The van der Waals surface area contributed by atoms with Crippen LogP contribution < -0.4 is 4.72 Å². The fourth-order valence-electron chi connectivity index (χ4n) is 0.654. The topological polar surface area (TPSA) is 29.1 Å². The Morgan fingerprint density at radius 2 is 1.90 bits per heavy atom. The van der Waals surface area contributed by atoms with Crippen molar-refractivity contribution in [3.8, 4) is 0 Å². The summed E-state index contributed by atoms with van der Waals surface area (Å²) in [4.78, 5) is 10.8. The molecule has 0 saturated carbocycles. The largest absolute Gasteiger partial charge is 0.299 e. The normalized spacial score (nSPS) is 8.90. The molecule has 10 heavy (non-hydrogen) atoms. The van der Waals surface area contributed by atoms with Crippen LogP contribution in [0.2, 0.25) is 0 Å². The zero-order chi connectivity index (χ0) is 7.40. The first kappa shape index (κ1) is 7.15. The fraction of sp³-hybridized carbons (Fsp3) is 0. The molecule has 1 aromatic carbocycles. The van der Waals surface area contributed by atoms with E-state index in [1.165, 1.54) is 0 Å². The maximum absolute atomic E-state index is 10.8. The molecule has 0 fully saturated rings. The molecule has 1 aromatic rings. The van der Waals surface area contributed by atoms with Gasteiger partial charge in [-0.25, -0.2) is 0 Å². The first-order valence-electron chi connectivity index (χ1n) is 2.84. The van der Waals surface area contributed by atoms with Crippen molar-refractivity contribution < 1.29 is 4.79 Å². The molecule has 1 rings (SSSR count). The number of amides is 1. The molecular weight excluding hydrogens is 146 g/mol. The molecule has 0 heterocycles. The van der Waals surface area contributed by atoms with Gasteiger partial charge in [-0.1, -0.05) is 31.0 Å². The Balaban J connectivity index is 2.85. The highest BCUT2D eigenvalue weighted by Gasteiger charge is 1.98. The first-order valence-corrected chi connectivity index (χ1v) is 3.29. The van der Waals surface area contributed by atoms with E-state index in [9.17, 15) is 4.79 Å². The minimum atomic E-state index is -0.177.